The summed E-state index contributed by atoms with van der Waals surface area (Å²) < 4.78 is 0. The maximum Gasteiger partial charge on any atom is 0.307 e. The topological polar surface area (TPSA) is 57.5 Å². The molecule has 0 bridgehead atoms. The highest BCUT2D eigenvalue weighted by molar-refractivity contribution is 7.99. The van der Waals surface area contributed by atoms with Gasteiger partial charge < -0.3 is 10.2 Å². The normalized spacial score (nSPS) is 10.4. The Bertz CT molecular complexity index is 567. The van der Waals surface area contributed by atoms with E-state index in [4.69, 9.17) is 5.11 Å². The number of benzene rings is 2. The molecule has 2 aromatic rings. The molecule has 98 valence electrons. The quantitative estimate of drug-likeness (QED) is 0.880. The van der Waals surface area contributed by atoms with Gasteiger partial charge in [-0.3, -0.25) is 4.79 Å². The third-order valence-electron chi connectivity index (χ3n) is 2.67. The van der Waals surface area contributed by atoms with Crippen molar-refractivity contribution < 1.29 is 15.0 Å². The minimum Gasteiger partial charge on any atom is -0.481 e. The smallest absolute Gasteiger partial charge is 0.307 e. The van der Waals surface area contributed by atoms with Gasteiger partial charge in [0.2, 0.25) is 0 Å². The van der Waals surface area contributed by atoms with Crippen LogP contribution in [0.5, 0.6) is 0 Å². The summed E-state index contributed by atoms with van der Waals surface area (Å²) in [5.41, 5.74) is 1.33. The Morgan fingerprint density at radius 2 is 1.74 bits per heavy atom. The fraction of sp³-hybridized carbons (Fsp3) is 0.133. The Labute approximate surface area is 115 Å². The molecule has 0 spiro atoms. The van der Waals surface area contributed by atoms with Crippen LogP contribution >= 0.6 is 11.8 Å². The second-order valence-corrected chi connectivity index (χ2v) is 5.22. The summed E-state index contributed by atoms with van der Waals surface area (Å²) in [7, 11) is 0. The summed E-state index contributed by atoms with van der Waals surface area (Å²) in [6.07, 6.45) is -0.0704. The summed E-state index contributed by atoms with van der Waals surface area (Å²) in [4.78, 5) is 12.9. The zero-order valence-electron chi connectivity index (χ0n) is 10.2. The van der Waals surface area contributed by atoms with E-state index in [0.29, 0.717) is 11.1 Å². The molecule has 0 fully saturated rings. The maximum absolute atomic E-state index is 10.8. The molecule has 0 aliphatic heterocycles. The van der Waals surface area contributed by atoms with Crippen molar-refractivity contribution in [3.63, 3.8) is 0 Å². The molecule has 0 aliphatic carbocycles. The van der Waals surface area contributed by atoms with E-state index in [2.05, 4.69) is 0 Å². The number of aliphatic hydroxyl groups excluding tert-OH is 1. The van der Waals surface area contributed by atoms with E-state index in [1.807, 2.05) is 42.5 Å². The summed E-state index contributed by atoms with van der Waals surface area (Å²) >= 11 is 1.57. The SMILES string of the molecule is O=C(O)Cc1cc(Sc2ccccc2)ccc1CO. The molecule has 2 N–H and O–H groups in total. The zero-order valence-corrected chi connectivity index (χ0v) is 11.1. The molecule has 0 atom stereocenters. The molecule has 0 aliphatic rings. The van der Waals surface area contributed by atoms with Gasteiger partial charge >= 0.3 is 5.97 Å². The minimum absolute atomic E-state index is 0.0704. The summed E-state index contributed by atoms with van der Waals surface area (Å²) in [5.74, 6) is -0.892. The summed E-state index contributed by atoms with van der Waals surface area (Å²) in [6.45, 7) is -0.140. The third kappa shape index (κ3) is 3.84. The molecule has 3 nitrogen and oxygen atoms in total. The molecule has 19 heavy (non-hydrogen) atoms. The van der Waals surface area contributed by atoms with Crippen LogP contribution in [0.2, 0.25) is 0 Å². The lowest BCUT2D eigenvalue weighted by molar-refractivity contribution is -0.136. The van der Waals surface area contributed by atoms with E-state index < -0.39 is 5.97 Å². The molecule has 0 amide bonds. The lowest BCUT2D eigenvalue weighted by Crippen LogP contribution is -2.03. The Morgan fingerprint density at radius 3 is 2.37 bits per heavy atom. The maximum atomic E-state index is 10.8. The predicted molar refractivity (Wildman–Crippen MR) is 74.3 cm³/mol. The molecule has 4 heteroatoms. The van der Waals surface area contributed by atoms with Gasteiger partial charge in [-0.25, -0.2) is 0 Å². The summed E-state index contributed by atoms with van der Waals surface area (Å²) in [6, 6.07) is 15.4. The zero-order chi connectivity index (χ0) is 13.7. The van der Waals surface area contributed by atoms with Crippen molar-refractivity contribution in [3.8, 4) is 0 Å². The van der Waals surface area contributed by atoms with Gasteiger partial charge in [-0.1, -0.05) is 36.0 Å². The molecule has 0 radical (unpaired) electrons. The molecule has 2 rings (SSSR count). The number of carboxylic acid groups (broad SMARTS) is 1. The van der Waals surface area contributed by atoms with Gasteiger partial charge in [0, 0.05) is 9.79 Å². The number of hydrogen-bond acceptors (Lipinski definition) is 3. The Morgan fingerprint density at radius 1 is 1.00 bits per heavy atom. The van der Waals surface area contributed by atoms with Crippen LogP contribution in [0.3, 0.4) is 0 Å². The molecular weight excluding hydrogens is 260 g/mol. The molecule has 2 aromatic carbocycles. The molecule has 0 saturated carbocycles. The second kappa shape index (κ2) is 6.41. The molecular formula is C15H14O3S. The molecule has 0 aromatic heterocycles. The van der Waals surface area contributed by atoms with Gasteiger partial charge in [-0.05, 0) is 35.4 Å². The van der Waals surface area contributed by atoms with Gasteiger partial charge in [0.15, 0.2) is 0 Å². The van der Waals surface area contributed by atoms with Gasteiger partial charge in [-0.2, -0.15) is 0 Å². The molecule has 0 heterocycles. The van der Waals surface area contributed by atoms with Crippen molar-refractivity contribution in [1.29, 1.82) is 0 Å². The standard InChI is InChI=1S/C15H14O3S/c16-10-11-6-7-14(8-12(11)9-15(17)18)19-13-4-2-1-3-5-13/h1-8,16H,9-10H2,(H,17,18). The largest absolute Gasteiger partial charge is 0.481 e. The average molecular weight is 274 g/mol. The van der Waals surface area contributed by atoms with Crippen LogP contribution in [0.4, 0.5) is 0 Å². The number of hydrogen-bond donors (Lipinski definition) is 2. The number of aliphatic carboxylic acids is 1. The first-order valence-corrected chi connectivity index (χ1v) is 6.68. The van der Waals surface area contributed by atoms with Gasteiger partial charge in [0.1, 0.15) is 0 Å². The minimum atomic E-state index is -0.892. The van der Waals surface area contributed by atoms with Crippen molar-refractivity contribution in [3.05, 3.63) is 59.7 Å². The van der Waals surface area contributed by atoms with E-state index in [1.54, 1.807) is 17.8 Å². The van der Waals surface area contributed by atoms with Crippen LogP contribution in [-0.4, -0.2) is 16.2 Å². The monoisotopic (exact) mass is 274 g/mol. The predicted octanol–water partition coefficient (Wildman–Crippen LogP) is 2.96. The van der Waals surface area contributed by atoms with Gasteiger partial charge in [-0.15, -0.1) is 0 Å². The fourth-order valence-corrected chi connectivity index (χ4v) is 2.67. The van der Waals surface area contributed by atoms with Crippen molar-refractivity contribution in [2.75, 3.05) is 0 Å². The van der Waals surface area contributed by atoms with E-state index in [1.165, 1.54) is 0 Å². The highest BCUT2D eigenvalue weighted by Crippen LogP contribution is 2.29. The van der Waals surface area contributed by atoms with Crippen LogP contribution in [0.25, 0.3) is 0 Å². The van der Waals surface area contributed by atoms with Crippen molar-refractivity contribution in [2.24, 2.45) is 0 Å². The number of carbonyl (C=O) groups is 1. The van der Waals surface area contributed by atoms with Crippen molar-refractivity contribution in [2.45, 2.75) is 22.8 Å². The molecule has 0 saturated heterocycles. The Balaban J connectivity index is 2.25. The lowest BCUT2D eigenvalue weighted by atomic mass is 10.1. The second-order valence-electron chi connectivity index (χ2n) is 4.07. The van der Waals surface area contributed by atoms with E-state index >= 15 is 0 Å². The van der Waals surface area contributed by atoms with Crippen molar-refractivity contribution >= 4 is 17.7 Å². The number of carboxylic acids is 1. The fourth-order valence-electron chi connectivity index (χ4n) is 1.77. The number of rotatable bonds is 5. The van der Waals surface area contributed by atoms with Crippen LogP contribution in [0.1, 0.15) is 11.1 Å². The van der Waals surface area contributed by atoms with E-state index in [-0.39, 0.29) is 13.0 Å². The first-order valence-electron chi connectivity index (χ1n) is 5.86. The lowest BCUT2D eigenvalue weighted by Gasteiger charge is -2.08. The first kappa shape index (κ1) is 13.6. The van der Waals surface area contributed by atoms with Crippen LogP contribution in [-0.2, 0) is 17.8 Å². The van der Waals surface area contributed by atoms with Crippen molar-refractivity contribution in [1.82, 2.24) is 0 Å². The van der Waals surface area contributed by atoms with Crippen LogP contribution in [0, 0.1) is 0 Å². The summed E-state index contributed by atoms with van der Waals surface area (Å²) in [5, 5.41) is 18.1. The first-order chi connectivity index (χ1) is 9.19. The highest BCUT2D eigenvalue weighted by Gasteiger charge is 2.08. The van der Waals surface area contributed by atoms with Gasteiger partial charge in [0.25, 0.3) is 0 Å². The van der Waals surface area contributed by atoms with Gasteiger partial charge in [0.05, 0.1) is 13.0 Å². The average Bonchev–Trinajstić information content (AvgIpc) is 2.39. The Kier molecular flexibility index (Phi) is 4.60. The van der Waals surface area contributed by atoms with Crippen LogP contribution < -0.4 is 0 Å². The third-order valence-corrected chi connectivity index (χ3v) is 3.67. The highest BCUT2D eigenvalue weighted by atomic mass is 32.2. The van der Waals surface area contributed by atoms with E-state index in [9.17, 15) is 9.90 Å². The Hall–Kier alpha value is -1.78. The molecule has 0 unspecified atom stereocenters. The number of aliphatic hydroxyl groups is 1. The van der Waals surface area contributed by atoms with E-state index in [0.717, 1.165) is 9.79 Å². The van der Waals surface area contributed by atoms with Crippen LogP contribution in [0.15, 0.2) is 58.3 Å².